The maximum absolute atomic E-state index is 13.1. The number of carbonyl (C=O) groups excluding carboxylic acids is 1. The zero-order valence-corrected chi connectivity index (χ0v) is 23.1. The molecule has 16 heteroatoms. The maximum Gasteiger partial charge on any atom is 0.469 e. The highest BCUT2D eigenvalue weighted by Gasteiger charge is 2.31. The number of hydrogen-bond acceptors (Lipinski definition) is 9. The van der Waals surface area contributed by atoms with Crippen LogP contribution in [0.1, 0.15) is 21.6 Å². The minimum atomic E-state index is -4.77. The van der Waals surface area contributed by atoms with Crippen molar-refractivity contribution in [1.29, 1.82) is 0 Å². The van der Waals surface area contributed by atoms with E-state index >= 15 is 0 Å². The van der Waals surface area contributed by atoms with Gasteiger partial charge in [-0.25, -0.2) is 4.57 Å². The van der Waals surface area contributed by atoms with Gasteiger partial charge in [0.25, 0.3) is 5.91 Å². The lowest BCUT2D eigenvalue weighted by molar-refractivity contribution is -0.137. The van der Waals surface area contributed by atoms with E-state index in [2.05, 4.69) is 19.8 Å². The highest BCUT2D eigenvalue weighted by Crippen LogP contribution is 2.36. The Balaban J connectivity index is 1.60. The van der Waals surface area contributed by atoms with Gasteiger partial charge in [-0.3, -0.25) is 14.3 Å². The minimum absolute atomic E-state index is 0.103. The van der Waals surface area contributed by atoms with Gasteiger partial charge in [-0.1, -0.05) is 6.07 Å². The zero-order valence-electron chi connectivity index (χ0n) is 22.2. The molecule has 2 aromatic heterocycles. The molecule has 0 bridgehead atoms. The first kappa shape index (κ1) is 31.3. The summed E-state index contributed by atoms with van der Waals surface area (Å²) in [6.45, 7) is 2.84. The highest BCUT2D eigenvalue weighted by molar-refractivity contribution is 7.46. The van der Waals surface area contributed by atoms with Crippen LogP contribution in [0.3, 0.4) is 0 Å². The predicted octanol–water partition coefficient (Wildman–Crippen LogP) is 3.41. The van der Waals surface area contributed by atoms with Crippen LogP contribution < -0.4 is 15.0 Å². The van der Waals surface area contributed by atoms with E-state index in [1.54, 1.807) is 30.3 Å². The molecule has 1 saturated heterocycles. The number of hydrogen-bond donors (Lipinski definition) is 4. The number of halogens is 3. The summed E-state index contributed by atoms with van der Waals surface area (Å²) >= 11 is 0. The van der Waals surface area contributed by atoms with Gasteiger partial charge in [0.05, 0.1) is 25.4 Å². The molecule has 1 atom stereocenters. The van der Waals surface area contributed by atoms with Crippen LogP contribution in [0.2, 0.25) is 0 Å². The molecule has 1 aromatic carbocycles. The molecular weight excluding hydrogens is 584 g/mol. The molecule has 1 aliphatic rings. The van der Waals surface area contributed by atoms with E-state index in [-0.39, 0.29) is 12.5 Å². The summed E-state index contributed by atoms with van der Waals surface area (Å²) in [6, 6.07) is 9.80. The Bertz CT molecular complexity index is 1460. The number of phosphoric acid groups is 1. The highest BCUT2D eigenvalue weighted by atomic mass is 31.2. The fourth-order valence-corrected chi connectivity index (χ4v) is 4.39. The summed E-state index contributed by atoms with van der Waals surface area (Å²) in [4.78, 5) is 40.6. The number of pyridine rings is 2. The number of nitrogens with one attached hydrogen (secondary N) is 1. The largest absolute Gasteiger partial charge is 0.475 e. The molecule has 3 heterocycles. The SMILES string of the molecule is Cc1ccc(NC(=O)c2cc(C(F)(F)F)ccn2)cc1-c1cc(OC[C@@H](O)COP(=O)(O)O)nc(N2CCOCC2)c1. The van der Waals surface area contributed by atoms with E-state index < -0.39 is 43.9 Å². The van der Waals surface area contributed by atoms with Gasteiger partial charge in [-0.05, 0) is 53.9 Å². The fourth-order valence-electron chi connectivity index (χ4n) is 4.02. The number of morpholine rings is 1. The summed E-state index contributed by atoms with van der Waals surface area (Å²) in [7, 11) is -4.77. The van der Waals surface area contributed by atoms with Crippen LogP contribution in [-0.2, 0) is 20.0 Å². The first-order valence-electron chi connectivity index (χ1n) is 12.6. The van der Waals surface area contributed by atoms with Crippen molar-refractivity contribution in [3.63, 3.8) is 0 Å². The number of anilines is 2. The van der Waals surface area contributed by atoms with Gasteiger partial charge in [-0.2, -0.15) is 18.2 Å². The number of aryl methyl sites for hydroxylation is 1. The quantitative estimate of drug-likeness (QED) is 0.248. The van der Waals surface area contributed by atoms with Crippen LogP contribution in [0.25, 0.3) is 11.1 Å². The van der Waals surface area contributed by atoms with Crippen molar-refractivity contribution in [3.8, 4) is 17.0 Å². The average molecular weight is 612 g/mol. The molecule has 1 aliphatic heterocycles. The molecule has 0 saturated carbocycles. The van der Waals surface area contributed by atoms with E-state index in [4.69, 9.17) is 19.3 Å². The molecule has 0 aliphatic carbocycles. The third kappa shape index (κ3) is 8.71. The summed E-state index contributed by atoms with van der Waals surface area (Å²) in [5.74, 6) is -0.185. The van der Waals surface area contributed by atoms with Crippen LogP contribution >= 0.6 is 7.82 Å². The molecular formula is C26H28F3N4O8P. The maximum atomic E-state index is 13.1. The van der Waals surface area contributed by atoms with Gasteiger partial charge in [0.1, 0.15) is 24.2 Å². The second-order valence-corrected chi connectivity index (χ2v) is 10.6. The Morgan fingerprint density at radius 2 is 1.88 bits per heavy atom. The molecule has 4 rings (SSSR count). The van der Waals surface area contributed by atoms with E-state index in [1.165, 1.54) is 0 Å². The van der Waals surface area contributed by atoms with Gasteiger partial charge in [0, 0.05) is 31.0 Å². The molecule has 4 N–H and O–H groups in total. The minimum Gasteiger partial charge on any atom is -0.475 e. The summed E-state index contributed by atoms with van der Waals surface area (Å²) < 4.78 is 65.5. The number of ether oxygens (including phenoxy) is 2. The lowest BCUT2D eigenvalue weighted by Gasteiger charge is -2.28. The van der Waals surface area contributed by atoms with Crippen molar-refractivity contribution in [2.75, 3.05) is 49.7 Å². The van der Waals surface area contributed by atoms with Gasteiger partial charge in [-0.15, -0.1) is 0 Å². The first-order valence-corrected chi connectivity index (χ1v) is 14.1. The Morgan fingerprint density at radius 1 is 1.14 bits per heavy atom. The van der Waals surface area contributed by atoms with Crippen molar-refractivity contribution >= 4 is 25.2 Å². The monoisotopic (exact) mass is 612 g/mol. The van der Waals surface area contributed by atoms with Gasteiger partial charge < -0.3 is 34.6 Å². The molecule has 12 nitrogen and oxygen atoms in total. The number of aliphatic hydroxyl groups is 1. The second-order valence-electron chi connectivity index (χ2n) is 9.31. The lowest BCUT2D eigenvalue weighted by atomic mass is 10.00. The number of amides is 1. The standard InChI is InChI=1S/C26H28F3N4O8P/c1-16-2-3-19(31-25(35)22-12-18(4-5-30-22)26(27,28)29)13-21(16)17-10-23(33-6-8-39-9-7-33)32-24(11-17)40-14-20(34)15-41-42(36,37)38/h2-5,10-13,20,34H,6-9,14-15H2,1H3,(H,31,35)(H2,36,37,38)/t20-/m1/s1. The number of rotatable bonds is 10. The van der Waals surface area contributed by atoms with Crippen LogP contribution in [-0.4, -0.2) is 76.4 Å². The molecule has 226 valence electrons. The van der Waals surface area contributed by atoms with Crippen molar-refractivity contribution in [2.45, 2.75) is 19.2 Å². The van der Waals surface area contributed by atoms with Crippen LogP contribution in [0.5, 0.6) is 5.88 Å². The van der Waals surface area contributed by atoms with Crippen LogP contribution in [0.4, 0.5) is 24.7 Å². The summed E-state index contributed by atoms with van der Waals surface area (Å²) in [5, 5.41) is 12.6. The van der Waals surface area contributed by atoms with Gasteiger partial charge in [0.2, 0.25) is 5.88 Å². The number of nitrogens with zero attached hydrogens (tertiary/aromatic N) is 3. The Morgan fingerprint density at radius 3 is 2.57 bits per heavy atom. The van der Waals surface area contributed by atoms with Gasteiger partial charge in [0.15, 0.2) is 0 Å². The molecule has 1 amide bonds. The normalized spacial score (nSPS) is 14.9. The molecule has 0 radical (unpaired) electrons. The molecule has 42 heavy (non-hydrogen) atoms. The van der Waals surface area contributed by atoms with Crippen LogP contribution in [0, 0.1) is 6.92 Å². The van der Waals surface area contributed by atoms with Crippen molar-refractivity contribution < 1.29 is 51.4 Å². The Kier molecular flexibility index (Phi) is 9.82. The number of alkyl halides is 3. The third-order valence-electron chi connectivity index (χ3n) is 6.11. The lowest BCUT2D eigenvalue weighted by Crippen LogP contribution is -2.36. The number of aromatic nitrogens is 2. The number of carbonyl (C=O) groups is 1. The van der Waals surface area contributed by atoms with Crippen LogP contribution in [0.15, 0.2) is 48.7 Å². The topological polar surface area (TPSA) is 164 Å². The van der Waals surface area contributed by atoms with E-state index in [0.29, 0.717) is 55.0 Å². The van der Waals surface area contributed by atoms with Crippen molar-refractivity contribution in [3.05, 3.63) is 65.5 Å². The van der Waals surface area contributed by atoms with Crippen molar-refractivity contribution in [1.82, 2.24) is 9.97 Å². The number of aliphatic hydroxyl groups excluding tert-OH is 1. The summed E-state index contributed by atoms with van der Waals surface area (Å²) in [6.07, 6.45) is -5.07. The first-order chi connectivity index (χ1) is 19.8. The second kappa shape index (κ2) is 13.2. The number of benzene rings is 1. The van der Waals surface area contributed by atoms with E-state index in [1.807, 2.05) is 11.8 Å². The molecule has 0 spiro atoms. The van der Waals surface area contributed by atoms with Gasteiger partial charge >= 0.3 is 14.0 Å². The predicted molar refractivity (Wildman–Crippen MR) is 144 cm³/mol. The smallest absolute Gasteiger partial charge is 0.469 e. The molecule has 3 aromatic rings. The zero-order chi connectivity index (χ0) is 30.5. The van der Waals surface area contributed by atoms with E-state index in [9.17, 15) is 27.6 Å². The third-order valence-corrected chi connectivity index (χ3v) is 6.59. The fraction of sp³-hybridized carbons (Fsp3) is 0.346. The molecule has 1 fully saturated rings. The molecule has 0 unspecified atom stereocenters. The Labute approximate surface area is 238 Å². The average Bonchev–Trinajstić information content (AvgIpc) is 2.95. The Hall–Kier alpha value is -3.59. The summed E-state index contributed by atoms with van der Waals surface area (Å²) in [5.41, 5.74) is 0.973. The number of phosphoric ester groups is 1. The van der Waals surface area contributed by atoms with E-state index in [0.717, 1.165) is 17.8 Å². The van der Waals surface area contributed by atoms with Crippen molar-refractivity contribution in [2.24, 2.45) is 0 Å².